The molecule has 0 aromatic rings. The van der Waals surface area contributed by atoms with E-state index >= 15 is 0 Å². The van der Waals surface area contributed by atoms with Gasteiger partial charge in [-0.05, 0) is 64.7 Å². The molecule has 16 heavy (non-hydrogen) atoms. The topological polar surface area (TPSA) is 17.1 Å². The summed E-state index contributed by atoms with van der Waals surface area (Å²) in [5.74, 6) is 1.87. The molecule has 0 bridgehead atoms. The molecule has 0 amide bonds. The maximum absolute atomic E-state index is 12.1. The first kappa shape index (κ1) is 11.9. The fourth-order valence-electron chi connectivity index (χ4n) is 3.80. The molecule has 2 aliphatic carbocycles. The molecule has 0 aliphatic heterocycles. The fraction of sp³-hybridized carbons (Fsp3) is 0.800. The third-order valence-electron chi connectivity index (χ3n) is 5.11. The summed E-state index contributed by atoms with van der Waals surface area (Å²) in [6.07, 6.45) is 5.81. The molecule has 0 radical (unpaired) electrons. The second-order valence-electron chi connectivity index (χ2n) is 6.23. The van der Waals surface area contributed by atoms with Gasteiger partial charge in [-0.1, -0.05) is 18.1 Å². The summed E-state index contributed by atoms with van der Waals surface area (Å²) in [7, 11) is 0. The highest BCUT2D eigenvalue weighted by molar-refractivity contribution is 5.83. The van der Waals surface area contributed by atoms with Gasteiger partial charge in [-0.2, -0.15) is 0 Å². The Labute approximate surface area is 99.3 Å². The molecule has 1 saturated carbocycles. The van der Waals surface area contributed by atoms with Crippen LogP contribution < -0.4 is 0 Å². The summed E-state index contributed by atoms with van der Waals surface area (Å²) in [5.41, 5.74) is 3.02. The van der Waals surface area contributed by atoms with Gasteiger partial charge in [0.25, 0.3) is 0 Å². The summed E-state index contributed by atoms with van der Waals surface area (Å²) in [5, 5.41) is 0. The Morgan fingerprint density at radius 3 is 2.62 bits per heavy atom. The molecule has 90 valence electrons. The second kappa shape index (κ2) is 4.01. The molecule has 0 heterocycles. The highest BCUT2D eigenvalue weighted by Crippen LogP contribution is 2.53. The van der Waals surface area contributed by atoms with Gasteiger partial charge >= 0.3 is 0 Å². The molecular weight excluding hydrogens is 196 g/mol. The van der Waals surface area contributed by atoms with Gasteiger partial charge in [0, 0.05) is 5.41 Å². The number of allylic oxidation sites excluding steroid dienone is 2. The zero-order chi connectivity index (χ0) is 11.9. The van der Waals surface area contributed by atoms with Gasteiger partial charge in [-0.3, -0.25) is 4.79 Å². The highest BCUT2D eigenvalue weighted by Gasteiger charge is 2.47. The van der Waals surface area contributed by atoms with E-state index in [1.807, 2.05) is 6.92 Å². The minimum absolute atomic E-state index is 0.0100. The summed E-state index contributed by atoms with van der Waals surface area (Å²) in [4.78, 5) is 12.1. The van der Waals surface area contributed by atoms with Gasteiger partial charge in [-0.15, -0.1) is 0 Å². The van der Waals surface area contributed by atoms with Gasteiger partial charge in [0.15, 0.2) is 0 Å². The van der Waals surface area contributed by atoms with Crippen LogP contribution in [0.15, 0.2) is 11.1 Å². The fourth-order valence-corrected chi connectivity index (χ4v) is 3.80. The van der Waals surface area contributed by atoms with E-state index in [9.17, 15) is 4.79 Å². The first-order chi connectivity index (χ1) is 7.45. The molecular formula is C15H24O. The molecule has 1 nitrogen and oxygen atoms in total. The van der Waals surface area contributed by atoms with Crippen molar-refractivity contribution in [3.63, 3.8) is 0 Å². The molecule has 0 aromatic carbocycles. The van der Waals surface area contributed by atoms with Crippen molar-refractivity contribution in [1.29, 1.82) is 0 Å². The summed E-state index contributed by atoms with van der Waals surface area (Å²) >= 11 is 0. The Bertz CT molecular complexity index is 339. The Kier molecular flexibility index (Phi) is 2.98. The molecule has 0 spiro atoms. The highest BCUT2D eigenvalue weighted by atomic mass is 16.1. The number of fused-ring (bicyclic) bond motifs is 1. The van der Waals surface area contributed by atoms with E-state index in [1.54, 1.807) is 0 Å². The quantitative estimate of drug-likeness (QED) is 0.607. The van der Waals surface area contributed by atoms with Crippen LogP contribution in [0.25, 0.3) is 0 Å². The molecule has 3 unspecified atom stereocenters. The average Bonchev–Trinajstić information content (AvgIpc) is 2.20. The lowest BCUT2D eigenvalue weighted by atomic mass is 9.55. The van der Waals surface area contributed by atoms with Crippen LogP contribution in [0.1, 0.15) is 59.8 Å². The van der Waals surface area contributed by atoms with E-state index in [1.165, 1.54) is 24.0 Å². The number of ketones is 1. The van der Waals surface area contributed by atoms with Crippen LogP contribution in [0.4, 0.5) is 0 Å². The number of rotatable bonds is 1. The van der Waals surface area contributed by atoms with Crippen molar-refractivity contribution in [2.45, 2.75) is 59.8 Å². The van der Waals surface area contributed by atoms with Crippen molar-refractivity contribution in [3.05, 3.63) is 11.1 Å². The van der Waals surface area contributed by atoms with Crippen LogP contribution >= 0.6 is 0 Å². The Morgan fingerprint density at radius 2 is 2.00 bits per heavy atom. The van der Waals surface area contributed by atoms with E-state index in [-0.39, 0.29) is 5.41 Å². The van der Waals surface area contributed by atoms with E-state index in [0.29, 0.717) is 11.7 Å². The molecule has 2 aliphatic rings. The largest absolute Gasteiger partial charge is 0.299 e. The predicted molar refractivity (Wildman–Crippen MR) is 67.2 cm³/mol. The monoisotopic (exact) mass is 220 g/mol. The molecule has 0 saturated heterocycles. The standard InChI is InChI=1S/C15H24O/c1-10-5-6-15(13(4)16)9-12(3)11(2)8-14(15)7-10/h10,14H,5-9H2,1-4H3. The number of Topliss-reactive ketones (excluding diaryl/α,β-unsaturated/α-hetero) is 1. The maximum atomic E-state index is 12.1. The number of hydrogen-bond acceptors (Lipinski definition) is 1. The van der Waals surface area contributed by atoms with Gasteiger partial charge in [0.05, 0.1) is 0 Å². The van der Waals surface area contributed by atoms with Crippen molar-refractivity contribution in [2.24, 2.45) is 17.3 Å². The van der Waals surface area contributed by atoms with Crippen molar-refractivity contribution in [2.75, 3.05) is 0 Å². The number of carbonyl (C=O) groups is 1. The van der Waals surface area contributed by atoms with Crippen molar-refractivity contribution >= 4 is 5.78 Å². The summed E-state index contributed by atoms with van der Waals surface area (Å²) < 4.78 is 0. The first-order valence-corrected chi connectivity index (χ1v) is 6.62. The zero-order valence-corrected chi connectivity index (χ0v) is 11.1. The van der Waals surface area contributed by atoms with E-state index in [4.69, 9.17) is 0 Å². The van der Waals surface area contributed by atoms with E-state index in [0.717, 1.165) is 25.2 Å². The Morgan fingerprint density at radius 1 is 1.31 bits per heavy atom. The minimum Gasteiger partial charge on any atom is -0.299 e. The van der Waals surface area contributed by atoms with Crippen LogP contribution in [0.3, 0.4) is 0 Å². The second-order valence-corrected chi connectivity index (χ2v) is 6.23. The van der Waals surface area contributed by atoms with Gasteiger partial charge in [-0.25, -0.2) is 0 Å². The van der Waals surface area contributed by atoms with Crippen LogP contribution in [0.2, 0.25) is 0 Å². The lowest BCUT2D eigenvalue weighted by molar-refractivity contribution is -0.133. The lowest BCUT2D eigenvalue weighted by Gasteiger charge is -2.48. The van der Waals surface area contributed by atoms with Crippen LogP contribution in [-0.2, 0) is 4.79 Å². The number of carbonyl (C=O) groups excluding carboxylic acids is 1. The lowest BCUT2D eigenvalue weighted by Crippen LogP contribution is -2.44. The summed E-state index contributed by atoms with van der Waals surface area (Å²) in [6.45, 7) is 8.62. The maximum Gasteiger partial charge on any atom is 0.136 e. The van der Waals surface area contributed by atoms with Gasteiger partial charge < -0.3 is 0 Å². The molecule has 0 N–H and O–H groups in total. The average molecular weight is 220 g/mol. The number of hydrogen-bond donors (Lipinski definition) is 0. The minimum atomic E-state index is 0.0100. The van der Waals surface area contributed by atoms with Crippen molar-refractivity contribution in [3.8, 4) is 0 Å². The predicted octanol–water partition coefficient (Wildman–Crippen LogP) is 4.13. The smallest absolute Gasteiger partial charge is 0.136 e. The van der Waals surface area contributed by atoms with Crippen molar-refractivity contribution < 1.29 is 4.79 Å². The van der Waals surface area contributed by atoms with Crippen LogP contribution in [-0.4, -0.2) is 5.78 Å². The summed E-state index contributed by atoms with van der Waals surface area (Å²) in [6, 6.07) is 0. The molecule has 3 atom stereocenters. The molecule has 1 fully saturated rings. The van der Waals surface area contributed by atoms with Crippen LogP contribution in [0.5, 0.6) is 0 Å². The Hall–Kier alpha value is -0.590. The van der Waals surface area contributed by atoms with Crippen LogP contribution in [0, 0.1) is 17.3 Å². The SMILES string of the molecule is CC(=O)C12CCC(C)CC1CC(C)=C(C)C2. The first-order valence-electron chi connectivity index (χ1n) is 6.62. The van der Waals surface area contributed by atoms with E-state index < -0.39 is 0 Å². The molecule has 1 heteroatoms. The third kappa shape index (κ3) is 1.74. The van der Waals surface area contributed by atoms with Crippen molar-refractivity contribution in [1.82, 2.24) is 0 Å². The zero-order valence-electron chi connectivity index (χ0n) is 11.1. The van der Waals surface area contributed by atoms with Gasteiger partial charge in [0.2, 0.25) is 0 Å². The molecule has 2 rings (SSSR count). The van der Waals surface area contributed by atoms with E-state index in [2.05, 4.69) is 20.8 Å². The normalized spacial score (nSPS) is 39.5. The Balaban J connectivity index is 2.34. The van der Waals surface area contributed by atoms with Gasteiger partial charge in [0.1, 0.15) is 5.78 Å². The molecule has 0 aromatic heterocycles. The third-order valence-corrected chi connectivity index (χ3v) is 5.11.